The fraction of sp³-hybridized carbons (Fsp3) is 0. The van der Waals surface area contributed by atoms with Gasteiger partial charge in [-0.2, -0.15) is 10.5 Å². The first-order valence-corrected chi connectivity index (χ1v) is 5.86. The predicted molar refractivity (Wildman–Crippen MR) is 75.9 cm³/mol. The van der Waals surface area contributed by atoms with Crippen LogP contribution in [0.25, 0.3) is 0 Å². The lowest BCUT2D eigenvalue weighted by molar-refractivity contribution is 0.102. The number of aromatic nitrogens is 1. The molecule has 2 rings (SSSR count). The van der Waals surface area contributed by atoms with Crippen LogP contribution >= 0.6 is 0 Å². The van der Waals surface area contributed by atoms with E-state index in [0.717, 1.165) is 0 Å². The van der Waals surface area contributed by atoms with E-state index in [1.54, 1.807) is 18.2 Å². The number of hydrogen-bond acceptors (Lipinski definition) is 6. The Morgan fingerprint density at radius 3 is 2.48 bits per heavy atom. The van der Waals surface area contributed by atoms with Gasteiger partial charge in [0, 0.05) is 11.9 Å². The first-order valence-electron chi connectivity index (χ1n) is 5.86. The standard InChI is InChI=1S/C14H10N6O/c15-6-9-1-3-12(5-11(9)7-16)19-14(21)10-2-4-13(20-17)18-8-10/h1-5,8H,17H2,(H,18,20)(H,19,21). The van der Waals surface area contributed by atoms with Crippen molar-refractivity contribution in [2.24, 2.45) is 5.84 Å². The van der Waals surface area contributed by atoms with Gasteiger partial charge >= 0.3 is 0 Å². The molecule has 0 fully saturated rings. The average molecular weight is 278 g/mol. The van der Waals surface area contributed by atoms with Crippen LogP contribution in [-0.4, -0.2) is 10.9 Å². The normalized spacial score (nSPS) is 9.29. The number of benzene rings is 1. The lowest BCUT2D eigenvalue weighted by atomic mass is 10.1. The summed E-state index contributed by atoms with van der Waals surface area (Å²) in [6.07, 6.45) is 1.37. The molecule has 0 aliphatic heterocycles. The monoisotopic (exact) mass is 278 g/mol. The van der Waals surface area contributed by atoms with E-state index in [4.69, 9.17) is 16.4 Å². The predicted octanol–water partition coefficient (Wildman–Crippen LogP) is 1.36. The number of anilines is 2. The molecule has 0 bridgehead atoms. The van der Waals surface area contributed by atoms with Crippen LogP contribution in [0.2, 0.25) is 0 Å². The topological polar surface area (TPSA) is 128 Å². The van der Waals surface area contributed by atoms with Crippen LogP contribution in [0.3, 0.4) is 0 Å². The van der Waals surface area contributed by atoms with Gasteiger partial charge < -0.3 is 10.7 Å². The van der Waals surface area contributed by atoms with E-state index in [1.807, 2.05) is 12.1 Å². The minimum Gasteiger partial charge on any atom is -0.322 e. The molecule has 0 spiro atoms. The molecule has 0 saturated carbocycles. The molecular weight excluding hydrogens is 268 g/mol. The first-order chi connectivity index (χ1) is 10.2. The van der Waals surface area contributed by atoms with Crippen molar-refractivity contribution in [1.82, 2.24) is 4.98 Å². The molecule has 21 heavy (non-hydrogen) atoms. The summed E-state index contributed by atoms with van der Waals surface area (Å²) in [5, 5.41) is 20.4. The van der Waals surface area contributed by atoms with Gasteiger partial charge in [-0.1, -0.05) is 0 Å². The zero-order chi connectivity index (χ0) is 15.2. The van der Waals surface area contributed by atoms with Gasteiger partial charge in [0.15, 0.2) is 0 Å². The fourth-order valence-electron chi connectivity index (χ4n) is 1.63. The third-order valence-electron chi connectivity index (χ3n) is 2.69. The van der Waals surface area contributed by atoms with Crippen molar-refractivity contribution >= 4 is 17.4 Å². The van der Waals surface area contributed by atoms with Crippen molar-refractivity contribution in [2.75, 3.05) is 10.7 Å². The smallest absolute Gasteiger partial charge is 0.257 e. The Balaban J connectivity index is 2.19. The van der Waals surface area contributed by atoms with Crippen LogP contribution < -0.4 is 16.6 Å². The number of hydrogen-bond donors (Lipinski definition) is 3. The number of nitrogens with two attached hydrogens (primary N) is 1. The highest BCUT2D eigenvalue weighted by Crippen LogP contribution is 2.15. The molecule has 0 unspecified atom stereocenters. The highest BCUT2D eigenvalue weighted by atomic mass is 16.1. The molecule has 4 N–H and O–H groups in total. The molecule has 2 aromatic rings. The Hall–Kier alpha value is -3.42. The van der Waals surface area contributed by atoms with E-state index in [1.165, 1.54) is 18.3 Å². The number of carbonyl (C=O) groups is 1. The van der Waals surface area contributed by atoms with Crippen molar-refractivity contribution in [1.29, 1.82) is 10.5 Å². The number of amides is 1. The van der Waals surface area contributed by atoms with Crippen LogP contribution in [0.1, 0.15) is 21.5 Å². The minimum atomic E-state index is -0.375. The number of nitrogens with zero attached hydrogens (tertiary/aromatic N) is 3. The third kappa shape index (κ3) is 3.13. The van der Waals surface area contributed by atoms with Gasteiger partial charge in [-0.15, -0.1) is 0 Å². The Labute approximate surface area is 120 Å². The number of hydrazine groups is 1. The summed E-state index contributed by atoms with van der Waals surface area (Å²) >= 11 is 0. The van der Waals surface area contributed by atoms with Gasteiger partial charge in [-0.25, -0.2) is 10.8 Å². The summed E-state index contributed by atoms with van der Waals surface area (Å²) in [5.74, 6) is 5.25. The van der Waals surface area contributed by atoms with Gasteiger partial charge in [0.05, 0.1) is 16.7 Å². The third-order valence-corrected chi connectivity index (χ3v) is 2.69. The second-order valence-electron chi connectivity index (χ2n) is 4.01. The molecular formula is C14H10N6O. The van der Waals surface area contributed by atoms with Crippen molar-refractivity contribution in [3.63, 3.8) is 0 Å². The lowest BCUT2D eigenvalue weighted by Gasteiger charge is -2.06. The Morgan fingerprint density at radius 2 is 1.90 bits per heavy atom. The van der Waals surface area contributed by atoms with Gasteiger partial charge in [0.1, 0.15) is 18.0 Å². The van der Waals surface area contributed by atoms with E-state index in [0.29, 0.717) is 17.1 Å². The summed E-state index contributed by atoms with van der Waals surface area (Å²) in [6.45, 7) is 0. The van der Waals surface area contributed by atoms with Crippen LogP contribution in [-0.2, 0) is 0 Å². The number of nitriles is 2. The van der Waals surface area contributed by atoms with E-state index < -0.39 is 0 Å². The quantitative estimate of drug-likeness (QED) is 0.574. The number of nitrogens with one attached hydrogen (secondary N) is 2. The number of nitrogen functional groups attached to an aromatic ring is 1. The Morgan fingerprint density at radius 1 is 1.14 bits per heavy atom. The summed E-state index contributed by atoms with van der Waals surface area (Å²) in [5.41, 5.74) is 3.60. The lowest BCUT2D eigenvalue weighted by Crippen LogP contribution is -2.13. The van der Waals surface area contributed by atoms with E-state index in [2.05, 4.69) is 15.7 Å². The molecule has 1 aromatic carbocycles. The molecule has 1 amide bonds. The second kappa shape index (κ2) is 6.15. The van der Waals surface area contributed by atoms with Crippen molar-refractivity contribution < 1.29 is 4.79 Å². The molecule has 7 heteroatoms. The van der Waals surface area contributed by atoms with Crippen molar-refractivity contribution in [3.8, 4) is 12.1 Å². The maximum Gasteiger partial charge on any atom is 0.257 e. The van der Waals surface area contributed by atoms with Crippen LogP contribution in [0.4, 0.5) is 11.5 Å². The molecule has 102 valence electrons. The van der Waals surface area contributed by atoms with E-state index >= 15 is 0 Å². The molecule has 0 aliphatic carbocycles. The van der Waals surface area contributed by atoms with Crippen molar-refractivity contribution in [3.05, 3.63) is 53.2 Å². The molecule has 0 atom stereocenters. The summed E-state index contributed by atoms with van der Waals surface area (Å²) in [4.78, 5) is 15.9. The van der Waals surface area contributed by atoms with Gasteiger partial charge in [-0.3, -0.25) is 4.79 Å². The minimum absolute atomic E-state index is 0.205. The van der Waals surface area contributed by atoms with Crippen molar-refractivity contribution in [2.45, 2.75) is 0 Å². The SMILES string of the molecule is N#Cc1ccc(NC(=O)c2ccc(NN)nc2)cc1C#N. The van der Waals surface area contributed by atoms with Gasteiger partial charge in [-0.05, 0) is 30.3 Å². The first kappa shape index (κ1) is 14.0. The molecule has 1 heterocycles. The summed E-state index contributed by atoms with van der Waals surface area (Å²) in [6, 6.07) is 11.4. The second-order valence-corrected chi connectivity index (χ2v) is 4.01. The van der Waals surface area contributed by atoms with E-state index in [-0.39, 0.29) is 17.0 Å². The molecule has 1 aromatic heterocycles. The van der Waals surface area contributed by atoms with Gasteiger partial charge in [0.25, 0.3) is 5.91 Å². The largest absolute Gasteiger partial charge is 0.322 e. The summed E-state index contributed by atoms with van der Waals surface area (Å²) < 4.78 is 0. The highest BCUT2D eigenvalue weighted by molar-refractivity contribution is 6.04. The highest BCUT2D eigenvalue weighted by Gasteiger charge is 2.09. The van der Waals surface area contributed by atoms with Crippen LogP contribution in [0.15, 0.2) is 36.5 Å². The number of carbonyl (C=O) groups excluding carboxylic acids is 1. The Bertz CT molecular complexity index is 755. The average Bonchev–Trinajstić information content (AvgIpc) is 2.54. The van der Waals surface area contributed by atoms with E-state index in [9.17, 15) is 4.79 Å². The van der Waals surface area contributed by atoms with Crippen LogP contribution in [0.5, 0.6) is 0 Å². The van der Waals surface area contributed by atoms with Gasteiger partial charge in [0.2, 0.25) is 0 Å². The maximum atomic E-state index is 12.0. The molecule has 0 saturated heterocycles. The number of rotatable bonds is 3. The zero-order valence-corrected chi connectivity index (χ0v) is 10.8. The summed E-state index contributed by atoms with van der Waals surface area (Å²) in [7, 11) is 0. The molecule has 7 nitrogen and oxygen atoms in total. The number of pyridine rings is 1. The fourth-order valence-corrected chi connectivity index (χ4v) is 1.63. The maximum absolute atomic E-state index is 12.0. The molecule has 0 radical (unpaired) electrons. The molecule has 0 aliphatic rings. The zero-order valence-electron chi connectivity index (χ0n) is 10.8. The Kier molecular flexibility index (Phi) is 4.10. The van der Waals surface area contributed by atoms with Crippen LogP contribution in [0, 0.1) is 22.7 Å².